The lowest BCUT2D eigenvalue weighted by Crippen LogP contribution is -2.42. The van der Waals surface area contributed by atoms with Gasteiger partial charge in [0.15, 0.2) is 0 Å². The molecule has 2 amide bonds. The number of nitrogens with zero attached hydrogens (tertiary/aromatic N) is 1. The van der Waals surface area contributed by atoms with E-state index in [-0.39, 0.29) is 23.9 Å². The number of hydrogen-bond acceptors (Lipinski definition) is 6. The topological polar surface area (TPSA) is 104 Å². The SMILES string of the molecule is COc1nc(C2(C#CCNC[C@@H]3CCC(=O)N3)C=CC=C(c3ccccc3)C2(C)C)ccc1CNC[C@@H]1CCC(=O)N1. The third-order valence-electron chi connectivity index (χ3n) is 8.66. The number of nitrogens with one attached hydrogen (secondary N) is 4. The molecule has 2 saturated heterocycles. The number of hydrogen-bond donors (Lipinski definition) is 4. The molecule has 2 aliphatic heterocycles. The summed E-state index contributed by atoms with van der Waals surface area (Å²) < 4.78 is 5.80. The molecule has 5 rings (SSSR count). The molecular weight excluding hydrogens is 526 g/mol. The molecule has 1 aromatic carbocycles. The van der Waals surface area contributed by atoms with Crippen molar-refractivity contribution in [2.45, 2.75) is 63.6 Å². The summed E-state index contributed by atoms with van der Waals surface area (Å²) in [6.45, 7) is 6.93. The molecule has 3 aliphatic rings. The van der Waals surface area contributed by atoms with Crippen LogP contribution in [0.3, 0.4) is 0 Å². The Balaban J connectivity index is 1.41. The van der Waals surface area contributed by atoms with Crippen molar-refractivity contribution in [2.75, 3.05) is 26.7 Å². The van der Waals surface area contributed by atoms with Gasteiger partial charge in [-0.25, -0.2) is 4.98 Å². The van der Waals surface area contributed by atoms with E-state index in [1.54, 1.807) is 7.11 Å². The van der Waals surface area contributed by atoms with Gasteiger partial charge in [0.05, 0.1) is 19.3 Å². The van der Waals surface area contributed by atoms with E-state index in [9.17, 15) is 9.59 Å². The van der Waals surface area contributed by atoms with Crippen LogP contribution in [0.15, 0.2) is 60.7 Å². The van der Waals surface area contributed by atoms with E-state index in [2.05, 4.69) is 102 Å². The van der Waals surface area contributed by atoms with Gasteiger partial charge in [0.25, 0.3) is 0 Å². The molecule has 8 heteroatoms. The summed E-state index contributed by atoms with van der Waals surface area (Å²) in [5, 5.41) is 12.8. The lowest BCUT2D eigenvalue weighted by Gasteiger charge is -2.45. The Bertz CT molecular complexity index is 1420. The lowest BCUT2D eigenvalue weighted by atomic mass is 9.57. The van der Waals surface area contributed by atoms with Crippen molar-refractivity contribution in [3.8, 4) is 17.7 Å². The molecule has 3 atom stereocenters. The van der Waals surface area contributed by atoms with E-state index < -0.39 is 10.8 Å². The Morgan fingerprint density at radius 1 is 0.976 bits per heavy atom. The number of pyridine rings is 1. The van der Waals surface area contributed by atoms with Crippen molar-refractivity contribution in [1.29, 1.82) is 0 Å². The third-order valence-corrected chi connectivity index (χ3v) is 8.66. The summed E-state index contributed by atoms with van der Waals surface area (Å²) >= 11 is 0. The second-order valence-corrected chi connectivity index (χ2v) is 11.8. The Kier molecular flexibility index (Phi) is 9.10. The van der Waals surface area contributed by atoms with E-state index in [0.29, 0.717) is 44.9 Å². The third kappa shape index (κ3) is 6.28. The van der Waals surface area contributed by atoms with Crippen LogP contribution >= 0.6 is 0 Å². The summed E-state index contributed by atoms with van der Waals surface area (Å²) in [6.07, 6.45) is 9.30. The van der Waals surface area contributed by atoms with Gasteiger partial charge in [-0.05, 0) is 30.0 Å². The number of ether oxygens (including phenoxy) is 1. The molecule has 1 aromatic heterocycles. The van der Waals surface area contributed by atoms with Crippen molar-refractivity contribution in [1.82, 2.24) is 26.3 Å². The first-order valence-corrected chi connectivity index (χ1v) is 14.8. The van der Waals surface area contributed by atoms with E-state index in [1.165, 1.54) is 5.57 Å². The summed E-state index contributed by atoms with van der Waals surface area (Å²) in [5.74, 6) is 7.82. The zero-order valence-corrected chi connectivity index (χ0v) is 24.8. The maximum Gasteiger partial charge on any atom is 0.220 e. The minimum absolute atomic E-state index is 0.115. The van der Waals surface area contributed by atoms with E-state index >= 15 is 0 Å². The normalized spacial score (nSPS) is 24.4. The second kappa shape index (κ2) is 12.9. The van der Waals surface area contributed by atoms with E-state index in [1.807, 2.05) is 6.07 Å². The van der Waals surface area contributed by atoms with Crippen LogP contribution < -0.4 is 26.0 Å². The Morgan fingerprint density at radius 3 is 2.31 bits per heavy atom. The highest BCUT2D eigenvalue weighted by Crippen LogP contribution is 2.53. The first-order chi connectivity index (χ1) is 20.3. The number of allylic oxidation sites excluding steroid dienone is 4. The molecule has 0 radical (unpaired) electrons. The molecule has 0 bridgehead atoms. The van der Waals surface area contributed by atoms with E-state index in [4.69, 9.17) is 9.72 Å². The average Bonchev–Trinajstić information content (AvgIpc) is 3.61. The minimum Gasteiger partial charge on any atom is -0.481 e. The van der Waals surface area contributed by atoms with Gasteiger partial charge in [0.1, 0.15) is 5.41 Å². The van der Waals surface area contributed by atoms with Gasteiger partial charge in [-0.15, -0.1) is 0 Å². The summed E-state index contributed by atoms with van der Waals surface area (Å²) in [4.78, 5) is 28.2. The van der Waals surface area contributed by atoms with Crippen LogP contribution in [0.4, 0.5) is 0 Å². The molecule has 3 heterocycles. The average molecular weight is 568 g/mol. The molecule has 2 aromatic rings. The predicted molar refractivity (Wildman–Crippen MR) is 164 cm³/mol. The standard InChI is InChI=1S/C34H41N5O3/c1-33(2)28(24-9-5-4-6-10-24)11-7-18-34(33,19-8-20-35-22-26-13-16-30(40)37-26)29-15-12-25(32(39-29)42-3)21-36-23-27-14-17-31(41)38-27/h4-7,9-12,15,18,26-27,35-36H,13-14,16-17,20-23H2,1-3H3,(H,37,40)(H,38,41)/t26-,27-,34?/m0/s1. The largest absolute Gasteiger partial charge is 0.481 e. The van der Waals surface area contributed by atoms with Gasteiger partial charge in [0, 0.05) is 55.5 Å². The maximum absolute atomic E-state index is 11.6. The molecule has 2 fully saturated rings. The number of methoxy groups -OCH3 is 1. The van der Waals surface area contributed by atoms with Crippen LogP contribution in [0.1, 0.15) is 56.4 Å². The molecule has 0 saturated carbocycles. The molecule has 1 aliphatic carbocycles. The van der Waals surface area contributed by atoms with Gasteiger partial charge in [-0.1, -0.05) is 80.3 Å². The van der Waals surface area contributed by atoms with Gasteiger partial charge in [-0.2, -0.15) is 0 Å². The maximum atomic E-state index is 11.6. The quantitative estimate of drug-likeness (QED) is 0.260. The van der Waals surface area contributed by atoms with Crippen LogP contribution in [0.5, 0.6) is 5.88 Å². The molecule has 8 nitrogen and oxygen atoms in total. The van der Waals surface area contributed by atoms with Crippen LogP contribution in [0.2, 0.25) is 0 Å². The Hall–Kier alpha value is -3.93. The number of carbonyl (C=O) groups is 2. The smallest absolute Gasteiger partial charge is 0.220 e. The second-order valence-electron chi connectivity index (χ2n) is 11.8. The number of benzene rings is 1. The van der Waals surface area contributed by atoms with Crippen molar-refractivity contribution >= 4 is 17.4 Å². The lowest BCUT2D eigenvalue weighted by molar-refractivity contribution is -0.120. The Morgan fingerprint density at radius 2 is 1.67 bits per heavy atom. The van der Waals surface area contributed by atoms with Crippen molar-refractivity contribution in [2.24, 2.45) is 5.41 Å². The summed E-state index contributed by atoms with van der Waals surface area (Å²) in [7, 11) is 1.65. The van der Waals surface area contributed by atoms with Crippen LogP contribution in [0, 0.1) is 17.3 Å². The Labute approximate surface area is 248 Å². The number of carbonyl (C=O) groups excluding carboxylic acids is 2. The highest BCUT2D eigenvalue weighted by atomic mass is 16.5. The zero-order valence-electron chi connectivity index (χ0n) is 24.8. The van der Waals surface area contributed by atoms with E-state index in [0.717, 1.165) is 29.7 Å². The number of aromatic nitrogens is 1. The minimum atomic E-state index is -0.719. The van der Waals surface area contributed by atoms with Gasteiger partial charge >= 0.3 is 0 Å². The first kappa shape index (κ1) is 29.6. The van der Waals surface area contributed by atoms with Gasteiger partial charge in [0.2, 0.25) is 17.7 Å². The first-order valence-electron chi connectivity index (χ1n) is 14.8. The van der Waals surface area contributed by atoms with Crippen molar-refractivity contribution in [3.05, 3.63) is 77.5 Å². The fourth-order valence-electron chi connectivity index (χ4n) is 6.19. The highest BCUT2D eigenvalue weighted by molar-refractivity contribution is 5.79. The fourth-order valence-corrected chi connectivity index (χ4v) is 6.19. The molecule has 42 heavy (non-hydrogen) atoms. The molecule has 4 N–H and O–H groups in total. The number of rotatable bonds is 10. The molecule has 0 spiro atoms. The van der Waals surface area contributed by atoms with Gasteiger partial charge < -0.3 is 26.0 Å². The van der Waals surface area contributed by atoms with Crippen molar-refractivity contribution in [3.63, 3.8) is 0 Å². The van der Waals surface area contributed by atoms with Crippen molar-refractivity contribution < 1.29 is 14.3 Å². The fraction of sp³-hybridized carbons (Fsp3) is 0.441. The van der Waals surface area contributed by atoms with Gasteiger partial charge in [-0.3, -0.25) is 9.59 Å². The highest BCUT2D eigenvalue weighted by Gasteiger charge is 2.48. The number of amides is 2. The summed E-state index contributed by atoms with van der Waals surface area (Å²) in [5.41, 5.74) is 2.97. The van der Waals surface area contributed by atoms with Crippen LogP contribution in [-0.2, 0) is 21.5 Å². The monoisotopic (exact) mass is 567 g/mol. The molecular formula is C34H41N5O3. The molecule has 1 unspecified atom stereocenters. The molecule has 220 valence electrons. The predicted octanol–water partition coefficient (Wildman–Crippen LogP) is 3.25. The summed E-state index contributed by atoms with van der Waals surface area (Å²) in [6, 6.07) is 14.9. The van der Waals surface area contributed by atoms with Crippen LogP contribution in [0.25, 0.3) is 5.57 Å². The van der Waals surface area contributed by atoms with Crippen LogP contribution in [-0.4, -0.2) is 55.6 Å². The zero-order chi connectivity index (χ0) is 29.6.